The second kappa shape index (κ2) is 3.61. The molecule has 3 aromatic rings. The second-order valence-electron chi connectivity index (χ2n) is 3.38. The number of hydrogen-bond acceptors (Lipinski definition) is 3. The summed E-state index contributed by atoms with van der Waals surface area (Å²) < 4.78 is 2.91. The third-order valence-corrected chi connectivity index (χ3v) is 3.88. The fourth-order valence-electron chi connectivity index (χ4n) is 1.65. The van der Waals surface area contributed by atoms with Crippen LogP contribution in [0.1, 0.15) is 0 Å². The minimum atomic E-state index is 0.683. The van der Waals surface area contributed by atoms with Crippen molar-refractivity contribution in [1.82, 2.24) is 9.38 Å². The molecular weight excluding hydrogens is 286 g/mol. The quantitative estimate of drug-likeness (QED) is 0.747. The number of aromatic nitrogens is 2. The van der Waals surface area contributed by atoms with E-state index in [1.165, 1.54) is 0 Å². The summed E-state index contributed by atoms with van der Waals surface area (Å²) in [6, 6.07) is 7.95. The van der Waals surface area contributed by atoms with E-state index in [0.29, 0.717) is 5.82 Å². The fourth-order valence-corrected chi connectivity index (χ4v) is 2.85. The number of nitrogens with zero attached hydrogens (tertiary/aromatic N) is 2. The van der Waals surface area contributed by atoms with E-state index in [9.17, 15) is 0 Å². The van der Waals surface area contributed by atoms with E-state index in [4.69, 9.17) is 5.73 Å². The molecule has 0 amide bonds. The van der Waals surface area contributed by atoms with Gasteiger partial charge in [-0.15, -0.1) is 11.3 Å². The molecule has 80 valence electrons. The first-order valence-electron chi connectivity index (χ1n) is 4.73. The Morgan fingerprint density at radius 2 is 2.12 bits per heavy atom. The summed E-state index contributed by atoms with van der Waals surface area (Å²) in [7, 11) is 0. The molecule has 0 spiro atoms. The lowest BCUT2D eigenvalue weighted by molar-refractivity contribution is 1.24. The zero-order valence-electron chi connectivity index (χ0n) is 8.22. The van der Waals surface area contributed by atoms with E-state index in [1.807, 2.05) is 40.2 Å². The fraction of sp³-hybridized carbons (Fsp3) is 0. The van der Waals surface area contributed by atoms with E-state index < -0.39 is 0 Å². The number of rotatable bonds is 1. The molecule has 0 radical (unpaired) electrons. The average molecular weight is 294 g/mol. The highest BCUT2D eigenvalue weighted by atomic mass is 79.9. The summed E-state index contributed by atoms with van der Waals surface area (Å²) in [4.78, 5) is 5.45. The summed E-state index contributed by atoms with van der Waals surface area (Å²) in [5.74, 6) is 0.683. The van der Waals surface area contributed by atoms with Gasteiger partial charge in [-0.25, -0.2) is 4.98 Å². The Balaban J connectivity index is 2.30. The van der Waals surface area contributed by atoms with Crippen molar-refractivity contribution >= 4 is 38.0 Å². The smallest absolute Gasteiger partial charge is 0.195 e. The van der Waals surface area contributed by atoms with Crippen molar-refractivity contribution in [3.8, 4) is 11.3 Å². The molecule has 2 aromatic heterocycles. The summed E-state index contributed by atoms with van der Waals surface area (Å²) in [5.41, 5.74) is 7.93. The van der Waals surface area contributed by atoms with Crippen LogP contribution >= 0.6 is 27.3 Å². The maximum atomic E-state index is 6.07. The lowest BCUT2D eigenvalue weighted by Gasteiger charge is -2.01. The number of halogens is 1. The van der Waals surface area contributed by atoms with Gasteiger partial charge in [0.1, 0.15) is 11.5 Å². The van der Waals surface area contributed by atoms with Gasteiger partial charge in [0.2, 0.25) is 0 Å². The SMILES string of the molecule is Nc1c(-c2ccccc2Br)nc2sccn12. The number of nitrogen functional groups attached to an aromatic ring is 1. The molecule has 0 aliphatic rings. The van der Waals surface area contributed by atoms with Crippen LogP contribution in [-0.2, 0) is 0 Å². The zero-order valence-corrected chi connectivity index (χ0v) is 10.6. The van der Waals surface area contributed by atoms with Crippen LogP contribution in [0, 0.1) is 0 Å². The van der Waals surface area contributed by atoms with Gasteiger partial charge in [-0.05, 0) is 6.07 Å². The molecule has 0 unspecified atom stereocenters. The van der Waals surface area contributed by atoms with Crippen molar-refractivity contribution < 1.29 is 0 Å². The first-order chi connectivity index (χ1) is 7.77. The Morgan fingerprint density at radius 3 is 2.88 bits per heavy atom. The molecule has 16 heavy (non-hydrogen) atoms. The Bertz CT molecular complexity index is 656. The van der Waals surface area contributed by atoms with Crippen molar-refractivity contribution in [2.45, 2.75) is 0 Å². The van der Waals surface area contributed by atoms with Gasteiger partial charge in [-0.3, -0.25) is 4.40 Å². The summed E-state index contributed by atoms with van der Waals surface area (Å²) in [5, 5.41) is 1.97. The minimum Gasteiger partial charge on any atom is -0.383 e. The van der Waals surface area contributed by atoms with E-state index in [-0.39, 0.29) is 0 Å². The Labute approximate surface area is 105 Å². The van der Waals surface area contributed by atoms with Crippen LogP contribution in [0.2, 0.25) is 0 Å². The predicted molar refractivity (Wildman–Crippen MR) is 70.6 cm³/mol. The molecule has 1 aromatic carbocycles. The largest absolute Gasteiger partial charge is 0.383 e. The zero-order chi connectivity index (χ0) is 11.1. The average Bonchev–Trinajstić information content (AvgIpc) is 2.83. The minimum absolute atomic E-state index is 0.683. The van der Waals surface area contributed by atoms with Crippen LogP contribution in [0.15, 0.2) is 40.3 Å². The maximum absolute atomic E-state index is 6.07. The maximum Gasteiger partial charge on any atom is 0.195 e. The molecule has 5 heteroatoms. The molecule has 2 heterocycles. The lowest BCUT2D eigenvalue weighted by Crippen LogP contribution is -1.92. The monoisotopic (exact) mass is 293 g/mol. The van der Waals surface area contributed by atoms with Crippen LogP contribution in [0.3, 0.4) is 0 Å². The van der Waals surface area contributed by atoms with Crippen LogP contribution in [0.25, 0.3) is 16.2 Å². The molecule has 3 rings (SSSR count). The summed E-state index contributed by atoms with van der Waals surface area (Å²) >= 11 is 5.09. The van der Waals surface area contributed by atoms with Crippen molar-refractivity contribution in [3.05, 3.63) is 40.3 Å². The Kier molecular flexibility index (Phi) is 2.22. The van der Waals surface area contributed by atoms with Crippen molar-refractivity contribution in [2.75, 3.05) is 5.73 Å². The topological polar surface area (TPSA) is 43.3 Å². The number of hydrogen-bond donors (Lipinski definition) is 1. The van der Waals surface area contributed by atoms with E-state index in [2.05, 4.69) is 20.9 Å². The van der Waals surface area contributed by atoms with Crippen LogP contribution in [0.5, 0.6) is 0 Å². The molecule has 0 fully saturated rings. The van der Waals surface area contributed by atoms with Gasteiger partial charge >= 0.3 is 0 Å². The van der Waals surface area contributed by atoms with Gasteiger partial charge in [0.15, 0.2) is 4.96 Å². The van der Waals surface area contributed by atoms with Gasteiger partial charge in [0.25, 0.3) is 0 Å². The molecule has 2 N–H and O–H groups in total. The highest BCUT2D eigenvalue weighted by molar-refractivity contribution is 9.10. The third-order valence-electron chi connectivity index (χ3n) is 2.43. The predicted octanol–water partition coefficient (Wildman–Crippen LogP) is 3.41. The van der Waals surface area contributed by atoms with Gasteiger partial charge < -0.3 is 5.73 Å². The summed E-state index contributed by atoms with van der Waals surface area (Å²) in [6.45, 7) is 0. The van der Waals surface area contributed by atoms with E-state index >= 15 is 0 Å². The lowest BCUT2D eigenvalue weighted by atomic mass is 10.1. The van der Waals surface area contributed by atoms with Gasteiger partial charge in [0, 0.05) is 21.6 Å². The highest BCUT2D eigenvalue weighted by Gasteiger charge is 2.13. The molecule has 3 nitrogen and oxygen atoms in total. The number of thiazole rings is 1. The van der Waals surface area contributed by atoms with Crippen LogP contribution in [-0.4, -0.2) is 9.38 Å². The molecule has 0 atom stereocenters. The third kappa shape index (κ3) is 1.36. The van der Waals surface area contributed by atoms with E-state index in [0.717, 1.165) is 20.7 Å². The first-order valence-corrected chi connectivity index (χ1v) is 6.40. The molecule has 0 saturated heterocycles. The second-order valence-corrected chi connectivity index (χ2v) is 5.11. The molecule has 0 aliphatic carbocycles. The van der Waals surface area contributed by atoms with Gasteiger partial charge in [0.05, 0.1) is 0 Å². The standard InChI is InChI=1S/C11H8BrN3S/c12-8-4-2-1-3-7(8)9-10(13)15-5-6-16-11(15)14-9/h1-6H,13H2. The Morgan fingerprint density at radius 1 is 1.31 bits per heavy atom. The van der Waals surface area contributed by atoms with Crippen LogP contribution < -0.4 is 5.73 Å². The molecule has 0 saturated carbocycles. The van der Waals surface area contributed by atoms with Crippen molar-refractivity contribution in [1.29, 1.82) is 0 Å². The van der Waals surface area contributed by atoms with E-state index in [1.54, 1.807) is 11.3 Å². The highest BCUT2D eigenvalue weighted by Crippen LogP contribution is 2.32. The number of nitrogens with two attached hydrogens (primary N) is 1. The molecule has 0 aliphatic heterocycles. The number of imidazole rings is 1. The molecular formula is C11H8BrN3S. The van der Waals surface area contributed by atoms with Crippen molar-refractivity contribution in [2.24, 2.45) is 0 Å². The summed E-state index contributed by atoms with van der Waals surface area (Å²) in [6.07, 6.45) is 1.93. The van der Waals surface area contributed by atoms with Gasteiger partial charge in [-0.2, -0.15) is 0 Å². The number of anilines is 1. The number of benzene rings is 1. The Hall–Kier alpha value is -1.33. The normalized spacial score (nSPS) is 11.1. The van der Waals surface area contributed by atoms with Crippen molar-refractivity contribution in [3.63, 3.8) is 0 Å². The van der Waals surface area contributed by atoms with Crippen LogP contribution in [0.4, 0.5) is 5.82 Å². The first kappa shape index (κ1) is 9.86. The number of fused-ring (bicyclic) bond motifs is 1. The molecule has 0 bridgehead atoms. The van der Waals surface area contributed by atoms with Gasteiger partial charge in [-0.1, -0.05) is 34.1 Å².